The number of hydrogen-bond donors (Lipinski definition) is 1. The van der Waals surface area contributed by atoms with Gasteiger partial charge in [0.1, 0.15) is 0 Å². The van der Waals surface area contributed by atoms with E-state index in [-0.39, 0.29) is 11.0 Å². The first-order valence-corrected chi connectivity index (χ1v) is 9.04. The summed E-state index contributed by atoms with van der Waals surface area (Å²) in [7, 11) is -3.05. The fourth-order valence-corrected chi connectivity index (χ4v) is 2.90. The first-order chi connectivity index (χ1) is 10.4. The summed E-state index contributed by atoms with van der Waals surface area (Å²) >= 11 is 0. The normalized spacial score (nSPS) is 11.6. The van der Waals surface area contributed by atoms with Gasteiger partial charge in [0.05, 0.1) is 23.2 Å². The first-order valence-electron chi connectivity index (χ1n) is 7.33. The lowest BCUT2D eigenvalue weighted by atomic mass is 10.2. The SMILES string of the molecule is Cc1ccc(CNc2ccc(CS(=O)(=O)C(C)C)cc2)nc1. The van der Waals surface area contributed by atoms with Crippen LogP contribution in [0.5, 0.6) is 0 Å². The van der Waals surface area contributed by atoms with Crippen LogP contribution in [0.4, 0.5) is 5.69 Å². The second-order valence-electron chi connectivity index (χ2n) is 5.73. The lowest BCUT2D eigenvalue weighted by Gasteiger charge is -2.09. The van der Waals surface area contributed by atoms with Gasteiger partial charge in [0, 0.05) is 11.9 Å². The van der Waals surface area contributed by atoms with E-state index in [1.165, 1.54) is 0 Å². The molecule has 0 radical (unpaired) electrons. The van der Waals surface area contributed by atoms with Crippen LogP contribution >= 0.6 is 0 Å². The zero-order chi connectivity index (χ0) is 16.2. The molecule has 1 aromatic carbocycles. The standard InChI is InChI=1S/C17H22N2O2S/c1-13(2)22(20,21)12-15-5-8-16(9-6-15)19-11-17-7-4-14(3)10-18-17/h4-10,13,19H,11-12H2,1-3H3. The molecule has 0 saturated carbocycles. The van der Waals surface area contributed by atoms with E-state index in [9.17, 15) is 8.42 Å². The van der Waals surface area contributed by atoms with Crippen LogP contribution in [0.1, 0.15) is 30.7 Å². The Balaban J connectivity index is 1.96. The van der Waals surface area contributed by atoms with Crippen LogP contribution in [0.2, 0.25) is 0 Å². The molecule has 5 heteroatoms. The molecule has 0 fully saturated rings. The van der Waals surface area contributed by atoms with Crippen LogP contribution in [-0.2, 0) is 22.1 Å². The number of nitrogens with zero attached hydrogens (tertiary/aromatic N) is 1. The number of hydrogen-bond acceptors (Lipinski definition) is 4. The number of benzene rings is 1. The van der Waals surface area contributed by atoms with Gasteiger partial charge < -0.3 is 5.32 Å². The molecule has 0 spiro atoms. The molecule has 118 valence electrons. The van der Waals surface area contributed by atoms with Gasteiger partial charge in [-0.3, -0.25) is 4.98 Å². The highest BCUT2D eigenvalue weighted by molar-refractivity contribution is 7.91. The maximum Gasteiger partial charge on any atom is 0.156 e. The van der Waals surface area contributed by atoms with Crippen molar-refractivity contribution in [2.24, 2.45) is 0 Å². The predicted molar refractivity (Wildman–Crippen MR) is 90.5 cm³/mol. The average Bonchev–Trinajstić information content (AvgIpc) is 2.48. The lowest BCUT2D eigenvalue weighted by Crippen LogP contribution is -2.15. The average molecular weight is 318 g/mol. The summed E-state index contributed by atoms with van der Waals surface area (Å²) in [5.74, 6) is 0.0878. The molecule has 0 atom stereocenters. The molecule has 0 amide bonds. The van der Waals surface area contributed by atoms with Gasteiger partial charge in [-0.05, 0) is 50.1 Å². The number of aryl methyl sites for hydroxylation is 1. The zero-order valence-corrected chi connectivity index (χ0v) is 14.0. The minimum Gasteiger partial charge on any atom is -0.379 e. The van der Waals surface area contributed by atoms with E-state index in [0.717, 1.165) is 22.5 Å². The highest BCUT2D eigenvalue weighted by Gasteiger charge is 2.16. The van der Waals surface area contributed by atoms with Gasteiger partial charge in [0.15, 0.2) is 9.84 Å². The molecule has 0 bridgehead atoms. The molecule has 4 nitrogen and oxygen atoms in total. The maximum atomic E-state index is 11.9. The molecule has 1 N–H and O–H groups in total. The van der Waals surface area contributed by atoms with Crippen molar-refractivity contribution in [3.63, 3.8) is 0 Å². The van der Waals surface area contributed by atoms with E-state index in [4.69, 9.17) is 0 Å². The second-order valence-corrected chi connectivity index (χ2v) is 8.29. The molecular weight excluding hydrogens is 296 g/mol. The number of pyridine rings is 1. The smallest absolute Gasteiger partial charge is 0.156 e. The van der Waals surface area contributed by atoms with Crippen molar-refractivity contribution in [3.05, 3.63) is 59.4 Å². The van der Waals surface area contributed by atoms with Gasteiger partial charge in [-0.15, -0.1) is 0 Å². The van der Waals surface area contributed by atoms with Crippen molar-refractivity contribution in [3.8, 4) is 0 Å². The first kappa shape index (κ1) is 16.5. The molecule has 0 aliphatic rings. The summed E-state index contributed by atoms with van der Waals surface area (Å²) < 4.78 is 23.8. The number of nitrogens with one attached hydrogen (secondary N) is 1. The van der Waals surface area contributed by atoms with E-state index in [2.05, 4.69) is 10.3 Å². The Kier molecular flexibility index (Phi) is 5.19. The van der Waals surface area contributed by atoms with E-state index >= 15 is 0 Å². The summed E-state index contributed by atoms with van der Waals surface area (Å²) in [4.78, 5) is 4.34. The zero-order valence-electron chi connectivity index (χ0n) is 13.2. The van der Waals surface area contributed by atoms with Gasteiger partial charge in [-0.25, -0.2) is 8.42 Å². The van der Waals surface area contributed by atoms with Crippen LogP contribution in [-0.4, -0.2) is 18.7 Å². The van der Waals surface area contributed by atoms with Crippen molar-refractivity contribution in [1.29, 1.82) is 0 Å². The largest absolute Gasteiger partial charge is 0.379 e. The maximum absolute atomic E-state index is 11.9. The van der Waals surface area contributed by atoms with Crippen LogP contribution in [0.25, 0.3) is 0 Å². The fourth-order valence-electron chi connectivity index (χ4n) is 1.91. The number of anilines is 1. The fraction of sp³-hybridized carbons (Fsp3) is 0.353. The highest BCUT2D eigenvalue weighted by Crippen LogP contribution is 2.15. The highest BCUT2D eigenvalue weighted by atomic mass is 32.2. The van der Waals surface area contributed by atoms with Crippen molar-refractivity contribution in [2.45, 2.75) is 38.3 Å². The Morgan fingerprint density at radius 2 is 1.77 bits per heavy atom. The van der Waals surface area contributed by atoms with Gasteiger partial charge in [-0.2, -0.15) is 0 Å². The summed E-state index contributed by atoms with van der Waals surface area (Å²) in [6.45, 7) is 6.07. The van der Waals surface area contributed by atoms with Gasteiger partial charge in [0.25, 0.3) is 0 Å². The van der Waals surface area contributed by atoms with Crippen LogP contribution in [0.15, 0.2) is 42.6 Å². The number of rotatable bonds is 6. The molecule has 0 aliphatic heterocycles. The number of aromatic nitrogens is 1. The van der Waals surface area contributed by atoms with E-state index in [0.29, 0.717) is 6.54 Å². The quantitative estimate of drug-likeness (QED) is 0.887. The molecule has 22 heavy (non-hydrogen) atoms. The minimum absolute atomic E-state index is 0.0878. The Hall–Kier alpha value is -1.88. The summed E-state index contributed by atoms with van der Waals surface area (Å²) in [6.07, 6.45) is 1.84. The third-order valence-electron chi connectivity index (χ3n) is 3.49. The molecule has 0 aliphatic carbocycles. The third-order valence-corrected chi connectivity index (χ3v) is 5.66. The van der Waals surface area contributed by atoms with Crippen LogP contribution < -0.4 is 5.32 Å². The topological polar surface area (TPSA) is 59.1 Å². The van der Waals surface area contributed by atoms with Crippen LogP contribution in [0.3, 0.4) is 0 Å². The Labute approximate surface area is 132 Å². The Morgan fingerprint density at radius 3 is 2.32 bits per heavy atom. The number of sulfone groups is 1. The Morgan fingerprint density at radius 1 is 1.09 bits per heavy atom. The van der Waals surface area contributed by atoms with Crippen LogP contribution in [0, 0.1) is 6.92 Å². The predicted octanol–water partition coefficient (Wildman–Crippen LogP) is 3.33. The van der Waals surface area contributed by atoms with Gasteiger partial charge >= 0.3 is 0 Å². The van der Waals surface area contributed by atoms with E-state index < -0.39 is 9.84 Å². The lowest BCUT2D eigenvalue weighted by molar-refractivity contribution is 0.586. The minimum atomic E-state index is -3.05. The Bertz CT molecular complexity index is 705. The molecule has 1 heterocycles. The monoisotopic (exact) mass is 318 g/mol. The molecule has 2 aromatic rings. The third kappa shape index (κ3) is 4.56. The summed E-state index contributed by atoms with van der Waals surface area (Å²) in [5.41, 5.74) is 3.87. The summed E-state index contributed by atoms with van der Waals surface area (Å²) in [6, 6.07) is 11.5. The van der Waals surface area contributed by atoms with E-state index in [1.807, 2.05) is 49.5 Å². The molecule has 0 saturated heterocycles. The molecule has 0 unspecified atom stereocenters. The van der Waals surface area contributed by atoms with E-state index in [1.54, 1.807) is 13.8 Å². The molecule has 1 aromatic heterocycles. The van der Waals surface area contributed by atoms with Gasteiger partial charge in [0.2, 0.25) is 0 Å². The molecular formula is C17H22N2O2S. The van der Waals surface area contributed by atoms with Crippen molar-refractivity contribution in [1.82, 2.24) is 4.98 Å². The second kappa shape index (κ2) is 6.92. The van der Waals surface area contributed by atoms with Crippen molar-refractivity contribution < 1.29 is 8.42 Å². The van der Waals surface area contributed by atoms with Crippen molar-refractivity contribution in [2.75, 3.05) is 5.32 Å². The van der Waals surface area contributed by atoms with Gasteiger partial charge in [-0.1, -0.05) is 18.2 Å². The summed E-state index contributed by atoms with van der Waals surface area (Å²) in [5, 5.41) is 2.93. The van der Waals surface area contributed by atoms with Crippen molar-refractivity contribution >= 4 is 15.5 Å². The molecule has 2 rings (SSSR count).